The Labute approximate surface area is 71.9 Å². The molecule has 0 unspecified atom stereocenters. The van der Waals surface area contributed by atoms with Crippen molar-refractivity contribution in [2.75, 3.05) is 0 Å². The minimum Gasteiger partial charge on any atom is -0.335 e. The highest BCUT2D eigenvalue weighted by atomic mass is 16.2. The first-order chi connectivity index (χ1) is 5.53. The highest BCUT2D eigenvalue weighted by Crippen LogP contribution is 2.18. The van der Waals surface area contributed by atoms with E-state index in [0.717, 1.165) is 12.8 Å². The summed E-state index contributed by atoms with van der Waals surface area (Å²) in [4.78, 5) is 11.1. The van der Waals surface area contributed by atoms with E-state index in [-0.39, 0.29) is 6.03 Å². The third-order valence-corrected chi connectivity index (χ3v) is 1.62. The molecule has 0 saturated heterocycles. The molecule has 1 rings (SSSR count). The smallest absolute Gasteiger partial charge is 0.316 e. The first-order valence-corrected chi connectivity index (χ1v) is 4.03. The molecule has 4 heteroatoms. The van der Waals surface area contributed by atoms with Gasteiger partial charge in [-0.1, -0.05) is 0 Å². The Morgan fingerprint density at radius 3 is 2.58 bits per heavy atom. The number of nitrogens with one attached hydrogen (secondary N) is 2. The van der Waals surface area contributed by atoms with Crippen molar-refractivity contribution in [1.82, 2.24) is 10.6 Å². The van der Waals surface area contributed by atoms with Gasteiger partial charge in [0.1, 0.15) is 5.54 Å². The Bertz CT molecular complexity index is 225. The molecule has 2 N–H and O–H groups in total. The lowest BCUT2D eigenvalue weighted by molar-refractivity contribution is 0.234. The largest absolute Gasteiger partial charge is 0.335 e. The molecular formula is C8H13N3O. The van der Waals surface area contributed by atoms with Crippen LogP contribution in [0.25, 0.3) is 0 Å². The van der Waals surface area contributed by atoms with Gasteiger partial charge in [0.25, 0.3) is 0 Å². The lowest BCUT2D eigenvalue weighted by Crippen LogP contribution is -2.48. The molecule has 66 valence electrons. The van der Waals surface area contributed by atoms with E-state index in [4.69, 9.17) is 5.26 Å². The van der Waals surface area contributed by atoms with Crippen LogP contribution in [0.4, 0.5) is 4.79 Å². The van der Waals surface area contributed by atoms with Crippen LogP contribution in [0.1, 0.15) is 26.7 Å². The van der Waals surface area contributed by atoms with Crippen LogP contribution < -0.4 is 10.6 Å². The van der Waals surface area contributed by atoms with Gasteiger partial charge in [-0.15, -0.1) is 0 Å². The van der Waals surface area contributed by atoms with Gasteiger partial charge in [-0.2, -0.15) is 5.26 Å². The van der Waals surface area contributed by atoms with E-state index in [1.54, 1.807) is 13.8 Å². The van der Waals surface area contributed by atoms with Crippen LogP contribution in [0.15, 0.2) is 0 Å². The van der Waals surface area contributed by atoms with Crippen LogP contribution in [0.2, 0.25) is 0 Å². The molecule has 1 fully saturated rings. The summed E-state index contributed by atoms with van der Waals surface area (Å²) in [7, 11) is 0. The van der Waals surface area contributed by atoms with Crippen LogP contribution in [0, 0.1) is 11.3 Å². The lowest BCUT2D eigenvalue weighted by atomic mass is 10.1. The summed E-state index contributed by atoms with van der Waals surface area (Å²) in [6, 6.07) is 2.08. The Kier molecular flexibility index (Phi) is 2.22. The monoisotopic (exact) mass is 167 g/mol. The normalized spacial score (nSPS) is 16.4. The van der Waals surface area contributed by atoms with Crippen LogP contribution >= 0.6 is 0 Å². The third kappa shape index (κ3) is 2.79. The summed E-state index contributed by atoms with van der Waals surface area (Å²) in [5.41, 5.74) is -0.779. The summed E-state index contributed by atoms with van der Waals surface area (Å²) in [5, 5.41) is 13.9. The van der Waals surface area contributed by atoms with Crippen molar-refractivity contribution in [3.63, 3.8) is 0 Å². The average Bonchev–Trinajstić information content (AvgIpc) is 2.70. The molecule has 12 heavy (non-hydrogen) atoms. The maximum absolute atomic E-state index is 11.1. The van der Waals surface area contributed by atoms with Crippen molar-refractivity contribution in [2.45, 2.75) is 38.3 Å². The lowest BCUT2D eigenvalue weighted by Gasteiger charge is -2.17. The fourth-order valence-electron chi connectivity index (χ4n) is 0.761. The Morgan fingerprint density at radius 1 is 1.58 bits per heavy atom. The van der Waals surface area contributed by atoms with Crippen molar-refractivity contribution in [2.24, 2.45) is 0 Å². The SMILES string of the molecule is CC(C)(C#N)NC(=O)NC1CC1. The number of hydrogen-bond acceptors (Lipinski definition) is 2. The minimum absolute atomic E-state index is 0.246. The topological polar surface area (TPSA) is 64.9 Å². The minimum atomic E-state index is -0.779. The van der Waals surface area contributed by atoms with E-state index < -0.39 is 5.54 Å². The van der Waals surface area contributed by atoms with Gasteiger partial charge in [0.05, 0.1) is 6.07 Å². The first kappa shape index (κ1) is 8.85. The predicted octanol–water partition coefficient (Wildman–Crippen LogP) is 0.750. The van der Waals surface area contributed by atoms with Crippen molar-refractivity contribution in [3.8, 4) is 6.07 Å². The Hall–Kier alpha value is -1.24. The molecule has 0 heterocycles. The van der Waals surface area contributed by atoms with E-state index in [0.29, 0.717) is 6.04 Å². The number of amides is 2. The zero-order valence-corrected chi connectivity index (χ0v) is 7.35. The number of nitriles is 1. The maximum Gasteiger partial charge on any atom is 0.316 e. The average molecular weight is 167 g/mol. The van der Waals surface area contributed by atoms with Crippen LogP contribution in [0.3, 0.4) is 0 Å². The van der Waals surface area contributed by atoms with Gasteiger partial charge >= 0.3 is 6.03 Å². The second-order valence-electron chi connectivity index (χ2n) is 3.61. The molecule has 0 aromatic heterocycles. The van der Waals surface area contributed by atoms with Crippen molar-refractivity contribution < 1.29 is 4.79 Å². The molecule has 4 nitrogen and oxygen atoms in total. The van der Waals surface area contributed by atoms with Crippen molar-refractivity contribution in [3.05, 3.63) is 0 Å². The predicted molar refractivity (Wildman–Crippen MR) is 44.4 cm³/mol. The van der Waals surface area contributed by atoms with Crippen LogP contribution in [-0.2, 0) is 0 Å². The third-order valence-electron chi connectivity index (χ3n) is 1.62. The second-order valence-corrected chi connectivity index (χ2v) is 3.61. The van der Waals surface area contributed by atoms with Gasteiger partial charge in [-0.05, 0) is 26.7 Å². The molecule has 0 aliphatic heterocycles. The molecule has 0 atom stereocenters. The first-order valence-electron chi connectivity index (χ1n) is 4.03. The molecule has 1 aliphatic carbocycles. The second kappa shape index (κ2) is 3.02. The molecule has 1 saturated carbocycles. The summed E-state index contributed by atoms with van der Waals surface area (Å²) < 4.78 is 0. The highest BCUT2D eigenvalue weighted by molar-refractivity contribution is 5.75. The van der Waals surface area contributed by atoms with Gasteiger partial charge < -0.3 is 10.6 Å². The molecular weight excluding hydrogens is 154 g/mol. The number of rotatable bonds is 2. The van der Waals surface area contributed by atoms with E-state index in [1.165, 1.54) is 0 Å². The van der Waals surface area contributed by atoms with E-state index >= 15 is 0 Å². The van der Waals surface area contributed by atoms with E-state index in [1.807, 2.05) is 6.07 Å². The molecule has 0 aromatic rings. The zero-order chi connectivity index (χ0) is 9.19. The number of hydrogen-bond donors (Lipinski definition) is 2. The van der Waals surface area contributed by atoms with Gasteiger partial charge in [0, 0.05) is 6.04 Å². The summed E-state index contributed by atoms with van der Waals surface area (Å²) in [6.07, 6.45) is 2.11. The van der Waals surface area contributed by atoms with Gasteiger partial charge in [0.15, 0.2) is 0 Å². The highest BCUT2D eigenvalue weighted by Gasteiger charge is 2.26. The molecule has 0 radical (unpaired) electrons. The quantitative estimate of drug-likeness (QED) is 0.637. The molecule has 1 aliphatic rings. The number of urea groups is 1. The fourth-order valence-corrected chi connectivity index (χ4v) is 0.761. The fraction of sp³-hybridized carbons (Fsp3) is 0.750. The van der Waals surface area contributed by atoms with E-state index in [2.05, 4.69) is 10.6 Å². The van der Waals surface area contributed by atoms with Gasteiger partial charge in [0.2, 0.25) is 0 Å². The molecule has 0 bridgehead atoms. The molecule has 0 spiro atoms. The number of carbonyl (C=O) groups is 1. The standard InChI is InChI=1S/C8H13N3O/c1-8(2,5-9)11-7(12)10-6-3-4-6/h6H,3-4H2,1-2H3,(H2,10,11,12). The Morgan fingerprint density at radius 2 is 2.17 bits per heavy atom. The summed E-state index contributed by atoms with van der Waals surface area (Å²) in [6.45, 7) is 3.33. The van der Waals surface area contributed by atoms with Crippen molar-refractivity contribution >= 4 is 6.03 Å². The van der Waals surface area contributed by atoms with Crippen LogP contribution in [0.5, 0.6) is 0 Å². The number of carbonyl (C=O) groups excluding carboxylic acids is 1. The van der Waals surface area contributed by atoms with Crippen LogP contribution in [-0.4, -0.2) is 17.6 Å². The summed E-state index contributed by atoms with van der Waals surface area (Å²) in [5.74, 6) is 0. The van der Waals surface area contributed by atoms with Crippen molar-refractivity contribution in [1.29, 1.82) is 5.26 Å². The molecule has 2 amide bonds. The zero-order valence-electron chi connectivity index (χ0n) is 7.35. The summed E-state index contributed by atoms with van der Waals surface area (Å²) >= 11 is 0. The molecule has 0 aromatic carbocycles. The number of nitrogens with zero attached hydrogens (tertiary/aromatic N) is 1. The van der Waals surface area contributed by atoms with Gasteiger partial charge in [-0.25, -0.2) is 4.79 Å². The van der Waals surface area contributed by atoms with Gasteiger partial charge in [-0.3, -0.25) is 0 Å². The maximum atomic E-state index is 11.1. The Balaban J connectivity index is 2.29. The van der Waals surface area contributed by atoms with E-state index in [9.17, 15) is 4.79 Å².